The van der Waals surface area contributed by atoms with Gasteiger partial charge in [0.05, 0.1) is 7.11 Å². The van der Waals surface area contributed by atoms with Crippen LogP contribution in [0.3, 0.4) is 0 Å². The molecule has 0 spiro atoms. The van der Waals surface area contributed by atoms with Gasteiger partial charge in [-0.25, -0.2) is 4.98 Å². The molecule has 2 aromatic carbocycles. The molecular formula is C21H24N4O. The highest BCUT2D eigenvalue weighted by atomic mass is 16.5. The average molecular weight is 348 g/mol. The lowest BCUT2D eigenvalue weighted by molar-refractivity contribution is 0.414. The van der Waals surface area contributed by atoms with Crippen molar-refractivity contribution in [3.05, 3.63) is 70.9 Å². The fourth-order valence-corrected chi connectivity index (χ4v) is 2.66. The highest BCUT2D eigenvalue weighted by molar-refractivity contribution is 5.61. The van der Waals surface area contributed by atoms with E-state index in [4.69, 9.17) is 4.74 Å². The molecule has 0 bridgehead atoms. The molecule has 0 aliphatic heterocycles. The lowest BCUT2D eigenvalue weighted by Gasteiger charge is -2.12. The molecule has 0 atom stereocenters. The number of methoxy groups -OCH3 is 1. The van der Waals surface area contributed by atoms with Crippen molar-refractivity contribution in [3.8, 4) is 5.75 Å². The number of nitrogens with zero attached hydrogens (tertiary/aromatic N) is 2. The Kier molecular flexibility index (Phi) is 5.37. The van der Waals surface area contributed by atoms with Crippen molar-refractivity contribution in [2.24, 2.45) is 0 Å². The van der Waals surface area contributed by atoms with Gasteiger partial charge in [0.2, 0.25) is 5.95 Å². The third-order valence-corrected chi connectivity index (χ3v) is 4.34. The minimum atomic E-state index is 0.593. The molecule has 3 aromatic rings. The van der Waals surface area contributed by atoms with Crippen LogP contribution >= 0.6 is 0 Å². The van der Waals surface area contributed by atoms with Crippen LogP contribution in [0.25, 0.3) is 0 Å². The van der Waals surface area contributed by atoms with Crippen molar-refractivity contribution in [1.82, 2.24) is 9.97 Å². The maximum atomic E-state index is 5.19. The summed E-state index contributed by atoms with van der Waals surface area (Å²) in [5.74, 6) is 2.24. The largest absolute Gasteiger partial charge is 0.497 e. The summed E-state index contributed by atoms with van der Waals surface area (Å²) in [6, 6.07) is 16.1. The number of aryl methyl sites for hydroxylation is 2. The zero-order valence-electron chi connectivity index (χ0n) is 15.6. The molecule has 0 aliphatic rings. The molecule has 0 fully saturated rings. The first-order chi connectivity index (χ1) is 12.5. The molecule has 5 heteroatoms. The van der Waals surface area contributed by atoms with Crippen molar-refractivity contribution in [1.29, 1.82) is 0 Å². The number of hydrogen-bond donors (Lipinski definition) is 2. The second-order valence-corrected chi connectivity index (χ2v) is 6.29. The number of anilines is 3. The monoisotopic (exact) mass is 348 g/mol. The van der Waals surface area contributed by atoms with Gasteiger partial charge in [-0.15, -0.1) is 0 Å². The Morgan fingerprint density at radius 1 is 0.962 bits per heavy atom. The molecule has 1 aromatic heterocycles. The Labute approximate surface area is 154 Å². The molecule has 5 nitrogen and oxygen atoms in total. The van der Waals surface area contributed by atoms with Gasteiger partial charge in [0.15, 0.2) is 0 Å². The fraction of sp³-hybridized carbons (Fsp3) is 0.238. The normalized spacial score (nSPS) is 10.5. The van der Waals surface area contributed by atoms with E-state index in [1.165, 1.54) is 11.1 Å². The molecule has 2 N–H and O–H groups in total. The minimum absolute atomic E-state index is 0.593. The topological polar surface area (TPSA) is 59.1 Å². The Hall–Kier alpha value is -3.08. The van der Waals surface area contributed by atoms with E-state index in [9.17, 15) is 0 Å². The van der Waals surface area contributed by atoms with Crippen LogP contribution in [0.5, 0.6) is 5.75 Å². The molecule has 0 aliphatic carbocycles. The molecule has 0 radical (unpaired) electrons. The van der Waals surface area contributed by atoms with Crippen molar-refractivity contribution in [2.45, 2.75) is 27.3 Å². The molecule has 134 valence electrons. The lowest BCUT2D eigenvalue weighted by atomic mass is 10.1. The fourth-order valence-electron chi connectivity index (χ4n) is 2.66. The van der Waals surface area contributed by atoms with E-state index >= 15 is 0 Å². The Balaban J connectivity index is 1.73. The van der Waals surface area contributed by atoms with Crippen LogP contribution in [0, 0.1) is 20.8 Å². The number of nitrogens with one attached hydrogen (secondary N) is 2. The predicted molar refractivity (Wildman–Crippen MR) is 106 cm³/mol. The van der Waals surface area contributed by atoms with Crippen LogP contribution in [-0.4, -0.2) is 17.1 Å². The van der Waals surface area contributed by atoms with Gasteiger partial charge in [0.1, 0.15) is 11.6 Å². The van der Waals surface area contributed by atoms with E-state index in [1.807, 2.05) is 49.4 Å². The van der Waals surface area contributed by atoms with E-state index in [1.54, 1.807) is 7.11 Å². The van der Waals surface area contributed by atoms with Gasteiger partial charge in [-0.05, 0) is 55.7 Å². The predicted octanol–water partition coefficient (Wildman–Crippen LogP) is 4.77. The Morgan fingerprint density at radius 3 is 2.46 bits per heavy atom. The third kappa shape index (κ3) is 4.30. The molecule has 0 unspecified atom stereocenters. The standard InChI is InChI=1S/C21H24N4O/c1-14-6-5-7-19(16(14)3)24-21-23-15(2)12-20(25-21)22-13-17-8-10-18(26-4)11-9-17/h5-12H,13H2,1-4H3,(H2,22,23,24,25). The minimum Gasteiger partial charge on any atom is -0.497 e. The maximum absolute atomic E-state index is 5.19. The number of hydrogen-bond acceptors (Lipinski definition) is 5. The maximum Gasteiger partial charge on any atom is 0.229 e. The second-order valence-electron chi connectivity index (χ2n) is 6.29. The Morgan fingerprint density at radius 2 is 1.73 bits per heavy atom. The molecule has 0 saturated carbocycles. The highest BCUT2D eigenvalue weighted by Gasteiger charge is 2.06. The molecule has 1 heterocycles. The van der Waals surface area contributed by atoms with E-state index in [2.05, 4.69) is 40.5 Å². The van der Waals surface area contributed by atoms with E-state index in [-0.39, 0.29) is 0 Å². The summed E-state index contributed by atoms with van der Waals surface area (Å²) in [5, 5.41) is 6.69. The summed E-state index contributed by atoms with van der Waals surface area (Å²) in [5.41, 5.74) is 5.53. The summed E-state index contributed by atoms with van der Waals surface area (Å²) in [4.78, 5) is 9.09. The quantitative estimate of drug-likeness (QED) is 0.672. The van der Waals surface area contributed by atoms with Crippen LogP contribution in [-0.2, 0) is 6.54 Å². The van der Waals surface area contributed by atoms with E-state index in [0.29, 0.717) is 12.5 Å². The van der Waals surface area contributed by atoms with Gasteiger partial charge in [-0.2, -0.15) is 4.98 Å². The van der Waals surface area contributed by atoms with Gasteiger partial charge in [0, 0.05) is 24.0 Å². The number of ether oxygens (including phenoxy) is 1. The van der Waals surface area contributed by atoms with Crippen molar-refractivity contribution in [3.63, 3.8) is 0 Å². The van der Waals surface area contributed by atoms with Crippen LogP contribution in [0.4, 0.5) is 17.5 Å². The first-order valence-corrected chi connectivity index (χ1v) is 8.61. The zero-order valence-corrected chi connectivity index (χ0v) is 15.6. The molecule has 0 amide bonds. The summed E-state index contributed by atoms with van der Waals surface area (Å²) in [6.45, 7) is 6.84. The van der Waals surface area contributed by atoms with Gasteiger partial charge < -0.3 is 15.4 Å². The smallest absolute Gasteiger partial charge is 0.229 e. The average Bonchev–Trinajstić information content (AvgIpc) is 2.64. The SMILES string of the molecule is COc1ccc(CNc2cc(C)nc(Nc3cccc(C)c3C)n2)cc1. The first-order valence-electron chi connectivity index (χ1n) is 8.61. The highest BCUT2D eigenvalue weighted by Crippen LogP contribution is 2.22. The number of aromatic nitrogens is 2. The molecule has 26 heavy (non-hydrogen) atoms. The summed E-state index contributed by atoms with van der Waals surface area (Å²) in [7, 11) is 1.67. The molecule has 3 rings (SSSR count). The van der Waals surface area contributed by atoms with Gasteiger partial charge in [-0.3, -0.25) is 0 Å². The van der Waals surface area contributed by atoms with Crippen LogP contribution in [0.15, 0.2) is 48.5 Å². The number of rotatable bonds is 6. The van der Waals surface area contributed by atoms with Crippen molar-refractivity contribution >= 4 is 17.5 Å². The van der Waals surface area contributed by atoms with E-state index in [0.717, 1.165) is 28.5 Å². The van der Waals surface area contributed by atoms with Crippen molar-refractivity contribution < 1.29 is 4.74 Å². The van der Waals surface area contributed by atoms with Crippen LogP contribution in [0.2, 0.25) is 0 Å². The summed E-state index contributed by atoms with van der Waals surface area (Å²) < 4.78 is 5.19. The zero-order chi connectivity index (χ0) is 18.5. The van der Waals surface area contributed by atoms with Crippen molar-refractivity contribution in [2.75, 3.05) is 17.7 Å². The van der Waals surface area contributed by atoms with E-state index < -0.39 is 0 Å². The first kappa shape index (κ1) is 17.7. The van der Waals surface area contributed by atoms with Gasteiger partial charge in [-0.1, -0.05) is 24.3 Å². The molecule has 0 saturated heterocycles. The number of benzene rings is 2. The third-order valence-electron chi connectivity index (χ3n) is 4.34. The van der Waals surface area contributed by atoms with Crippen LogP contribution < -0.4 is 15.4 Å². The lowest BCUT2D eigenvalue weighted by Crippen LogP contribution is -2.06. The Bertz CT molecular complexity index is 891. The van der Waals surface area contributed by atoms with Gasteiger partial charge >= 0.3 is 0 Å². The van der Waals surface area contributed by atoms with Crippen LogP contribution in [0.1, 0.15) is 22.4 Å². The van der Waals surface area contributed by atoms with Gasteiger partial charge in [0.25, 0.3) is 0 Å². The summed E-state index contributed by atoms with van der Waals surface area (Å²) >= 11 is 0. The second kappa shape index (κ2) is 7.87. The molecular weight excluding hydrogens is 324 g/mol. The summed E-state index contributed by atoms with van der Waals surface area (Å²) in [6.07, 6.45) is 0.